The van der Waals surface area contributed by atoms with Gasteiger partial charge in [-0.15, -0.1) is 11.3 Å². The average molecular weight is 305 g/mol. The van der Waals surface area contributed by atoms with E-state index in [1.54, 1.807) is 6.07 Å². The molecule has 0 saturated heterocycles. The largest absolute Gasteiger partial charge is 0.443 e. The van der Waals surface area contributed by atoms with E-state index in [1.807, 2.05) is 0 Å². The molecule has 0 saturated carbocycles. The van der Waals surface area contributed by atoms with Gasteiger partial charge in [0.05, 0.1) is 6.04 Å². The Bertz CT molecular complexity index is 582. The van der Waals surface area contributed by atoms with Gasteiger partial charge in [0.25, 0.3) is 0 Å². The number of benzene rings is 1. The monoisotopic (exact) mass is 305 g/mol. The first-order valence-corrected chi connectivity index (χ1v) is 6.45. The molecule has 8 heteroatoms. The van der Waals surface area contributed by atoms with Crippen molar-refractivity contribution in [2.75, 3.05) is 0 Å². The van der Waals surface area contributed by atoms with Crippen LogP contribution in [0.2, 0.25) is 0 Å². The Hall–Kier alpha value is -1.51. The summed E-state index contributed by atoms with van der Waals surface area (Å²) in [6, 6.07) is 5.27. The van der Waals surface area contributed by atoms with Crippen LogP contribution in [-0.2, 0) is 12.6 Å². The van der Waals surface area contributed by atoms with Gasteiger partial charge in [0.2, 0.25) is 0 Å². The van der Waals surface area contributed by atoms with Gasteiger partial charge in [0.1, 0.15) is 5.82 Å². The summed E-state index contributed by atoms with van der Waals surface area (Å²) in [7, 11) is 0. The van der Waals surface area contributed by atoms with Gasteiger partial charge in [-0.1, -0.05) is 12.1 Å². The molecule has 1 unspecified atom stereocenters. The Morgan fingerprint density at radius 1 is 1.35 bits per heavy atom. The molecule has 1 atom stereocenters. The fourth-order valence-corrected chi connectivity index (χ4v) is 2.56. The minimum atomic E-state index is -4.47. The van der Waals surface area contributed by atoms with Crippen molar-refractivity contribution < 1.29 is 17.6 Å². The van der Waals surface area contributed by atoms with Crippen molar-refractivity contribution in [2.45, 2.75) is 18.6 Å². The number of thiazole rings is 1. The summed E-state index contributed by atoms with van der Waals surface area (Å²) in [5.74, 6) is 4.96. The van der Waals surface area contributed by atoms with Gasteiger partial charge in [-0.3, -0.25) is 11.3 Å². The van der Waals surface area contributed by atoms with Crippen LogP contribution in [0.5, 0.6) is 0 Å². The molecule has 0 amide bonds. The molecule has 0 fully saturated rings. The van der Waals surface area contributed by atoms with Gasteiger partial charge in [0, 0.05) is 11.1 Å². The molecular weight excluding hydrogens is 294 g/mol. The number of aromatic nitrogens is 1. The molecule has 1 aromatic heterocycles. The molecule has 0 bridgehead atoms. The summed E-state index contributed by atoms with van der Waals surface area (Å²) in [6.45, 7) is 0. The van der Waals surface area contributed by atoms with Crippen molar-refractivity contribution in [1.29, 1.82) is 0 Å². The van der Waals surface area contributed by atoms with Crippen LogP contribution in [0, 0.1) is 5.82 Å². The molecule has 0 spiro atoms. The van der Waals surface area contributed by atoms with Gasteiger partial charge in [-0.05, 0) is 24.1 Å². The fourth-order valence-electron chi connectivity index (χ4n) is 1.72. The van der Waals surface area contributed by atoms with Gasteiger partial charge in [-0.25, -0.2) is 9.37 Å². The van der Waals surface area contributed by atoms with Crippen LogP contribution in [0.25, 0.3) is 0 Å². The summed E-state index contributed by atoms with van der Waals surface area (Å²) in [5.41, 5.74) is 3.07. The quantitative estimate of drug-likeness (QED) is 0.518. The number of nitrogens with two attached hydrogens (primary N) is 1. The van der Waals surface area contributed by atoms with Gasteiger partial charge in [-0.2, -0.15) is 13.2 Å². The SMILES string of the molecule is NNC(Cc1cccc(F)c1)c1cnc(C(F)(F)F)s1. The smallest absolute Gasteiger partial charge is 0.271 e. The number of halogens is 4. The van der Waals surface area contributed by atoms with Crippen LogP contribution in [0.3, 0.4) is 0 Å². The molecule has 0 radical (unpaired) electrons. The number of hydrogen-bond acceptors (Lipinski definition) is 4. The van der Waals surface area contributed by atoms with Crippen LogP contribution in [0.15, 0.2) is 30.5 Å². The molecule has 2 rings (SSSR count). The lowest BCUT2D eigenvalue weighted by molar-refractivity contribution is -0.137. The maximum Gasteiger partial charge on any atom is 0.443 e. The normalized spacial score (nSPS) is 13.4. The van der Waals surface area contributed by atoms with E-state index < -0.39 is 23.0 Å². The van der Waals surface area contributed by atoms with Crippen LogP contribution in [0.1, 0.15) is 21.5 Å². The summed E-state index contributed by atoms with van der Waals surface area (Å²) in [6.07, 6.45) is -3.06. The van der Waals surface area contributed by atoms with Crippen molar-refractivity contribution in [3.8, 4) is 0 Å². The van der Waals surface area contributed by atoms with Crippen LogP contribution < -0.4 is 11.3 Å². The molecule has 3 nitrogen and oxygen atoms in total. The van der Waals surface area contributed by atoms with E-state index in [-0.39, 0.29) is 6.42 Å². The molecular formula is C12H11F4N3S. The zero-order valence-electron chi connectivity index (χ0n) is 10.1. The third-order valence-corrected chi connectivity index (χ3v) is 3.80. The molecule has 1 heterocycles. The highest BCUT2D eigenvalue weighted by molar-refractivity contribution is 7.11. The summed E-state index contributed by atoms with van der Waals surface area (Å²) >= 11 is 0.524. The second-order valence-electron chi connectivity index (χ2n) is 4.12. The Morgan fingerprint density at radius 3 is 2.65 bits per heavy atom. The maximum absolute atomic E-state index is 13.1. The van der Waals surface area contributed by atoms with E-state index in [9.17, 15) is 17.6 Å². The number of nitrogens with one attached hydrogen (secondary N) is 1. The molecule has 0 aliphatic heterocycles. The first-order valence-electron chi connectivity index (χ1n) is 5.63. The molecule has 20 heavy (non-hydrogen) atoms. The minimum absolute atomic E-state index is 0.272. The van der Waals surface area contributed by atoms with Crippen molar-refractivity contribution in [3.05, 3.63) is 51.7 Å². The standard InChI is InChI=1S/C12H11F4N3S/c13-8-3-1-2-7(4-8)5-9(19-17)10-6-18-11(20-10)12(14,15)16/h1-4,6,9,19H,5,17H2. The van der Waals surface area contributed by atoms with Crippen molar-refractivity contribution in [2.24, 2.45) is 5.84 Å². The van der Waals surface area contributed by atoms with E-state index in [1.165, 1.54) is 18.2 Å². The second-order valence-corrected chi connectivity index (χ2v) is 5.18. The number of rotatable bonds is 4. The number of alkyl halides is 3. The van der Waals surface area contributed by atoms with E-state index in [0.29, 0.717) is 21.8 Å². The Morgan fingerprint density at radius 2 is 2.10 bits per heavy atom. The lowest BCUT2D eigenvalue weighted by Crippen LogP contribution is -2.29. The van der Waals surface area contributed by atoms with Gasteiger partial charge < -0.3 is 0 Å². The van der Waals surface area contributed by atoms with Gasteiger partial charge in [0.15, 0.2) is 5.01 Å². The minimum Gasteiger partial charge on any atom is -0.271 e. The summed E-state index contributed by atoms with van der Waals surface area (Å²) in [4.78, 5) is 3.69. The van der Waals surface area contributed by atoms with E-state index in [2.05, 4.69) is 10.4 Å². The molecule has 3 N–H and O–H groups in total. The maximum atomic E-state index is 13.1. The average Bonchev–Trinajstić information content (AvgIpc) is 2.85. The van der Waals surface area contributed by atoms with Crippen LogP contribution in [-0.4, -0.2) is 4.98 Å². The van der Waals surface area contributed by atoms with Crippen molar-refractivity contribution in [3.63, 3.8) is 0 Å². The highest BCUT2D eigenvalue weighted by Crippen LogP contribution is 2.34. The Labute approximate surface area is 116 Å². The van der Waals surface area contributed by atoms with Crippen molar-refractivity contribution >= 4 is 11.3 Å². The van der Waals surface area contributed by atoms with Crippen molar-refractivity contribution in [1.82, 2.24) is 10.4 Å². The first-order chi connectivity index (χ1) is 9.40. The number of nitrogens with zero attached hydrogens (tertiary/aromatic N) is 1. The second kappa shape index (κ2) is 5.86. The predicted octanol–water partition coefficient (Wildman–Crippen LogP) is 3.05. The molecule has 0 aliphatic carbocycles. The molecule has 2 aromatic rings. The first kappa shape index (κ1) is 14.9. The lowest BCUT2D eigenvalue weighted by Gasteiger charge is -2.13. The molecule has 108 valence electrons. The third-order valence-electron chi connectivity index (χ3n) is 2.64. The highest BCUT2D eigenvalue weighted by Gasteiger charge is 2.35. The van der Waals surface area contributed by atoms with Gasteiger partial charge >= 0.3 is 6.18 Å². The van der Waals surface area contributed by atoms with E-state index >= 15 is 0 Å². The zero-order chi connectivity index (χ0) is 14.8. The van der Waals surface area contributed by atoms with E-state index in [4.69, 9.17) is 5.84 Å². The molecule has 0 aliphatic rings. The topological polar surface area (TPSA) is 50.9 Å². The predicted molar refractivity (Wildman–Crippen MR) is 67.3 cm³/mol. The Kier molecular flexibility index (Phi) is 4.36. The summed E-state index contributed by atoms with van der Waals surface area (Å²) < 4.78 is 50.6. The summed E-state index contributed by atoms with van der Waals surface area (Å²) in [5, 5.41) is -0.924. The van der Waals surface area contributed by atoms with Crippen LogP contribution >= 0.6 is 11.3 Å². The molecule has 1 aromatic carbocycles. The van der Waals surface area contributed by atoms with E-state index in [0.717, 1.165) is 6.20 Å². The number of hydrogen-bond donors (Lipinski definition) is 2. The third kappa shape index (κ3) is 3.53. The van der Waals surface area contributed by atoms with Crippen LogP contribution in [0.4, 0.5) is 17.6 Å². The zero-order valence-corrected chi connectivity index (χ0v) is 10.9. The highest BCUT2D eigenvalue weighted by atomic mass is 32.1. The lowest BCUT2D eigenvalue weighted by atomic mass is 10.1. The Balaban J connectivity index is 2.18. The number of hydrazine groups is 1. The fraction of sp³-hybridized carbons (Fsp3) is 0.250.